The number of fused-ring (bicyclic) bond motifs is 10. The van der Waals surface area contributed by atoms with E-state index in [0.29, 0.717) is 24.4 Å². The fourth-order valence-corrected chi connectivity index (χ4v) is 22.0. The Morgan fingerprint density at radius 2 is 0.845 bits per heavy atom. The zero-order chi connectivity index (χ0) is 38.2. The Labute approximate surface area is 360 Å². The molecular formula is C54H87NO2S. The van der Waals surface area contributed by atoms with E-state index in [1.165, 1.54) is 148 Å². The Hall–Kier alpha value is 0.230. The van der Waals surface area contributed by atoms with Crippen molar-refractivity contribution in [2.45, 2.75) is 265 Å². The average molecular weight is 814 g/mol. The second-order valence-corrected chi connectivity index (χ2v) is 25.5. The minimum atomic E-state index is 0.520. The van der Waals surface area contributed by atoms with Gasteiger partial charge in [0.15, 0.2) is 0 Å². The van der Waals surface area contributed by atoms with Crippen molar-refractivity contribution in [2.24, 2.45) is 71.0 Å². The fourth-order valence-electron chi connectivity index (χ4n) is 19.5. The predicted molar refractivity (Wildman–Crippen MR) is 240 cm³/mol. The molecule has 326 valence electrons. The molecule has 0 aromatic carbocycles. The van der Waals surface area contributed by atoms with Crippen molar-refractivity contribution in [3.05, 3.63) is 0 Å². The van der Waals surface area contributed by atoms with Crippen LogP contribution in [0.25, 0.3) is 0 Å². The maximum absolute atomic E-state index is 7.58. The fraction of sp³-hybridized carbons (Fsp3) is 1.00. The first-order chi connectivity index (χ1) is 28.8. The molecule has 3 heterocycles. The van der Waals surface area contributed by atoms with Gasteiger partial charge < -0.3 is 9.47 Å². The molecule has 15 atom stereocenters. The maximum Gasteiger partial charge on any atom is 0.0667 e. The van der Waals surface area contributed by atoms with Crippen LogP contribution in [0, 0.1) is 71.0 Å². The number of ether oxygens (including phenoxy) is 2. The summed E-state index contributed by atoms with van der Waals surface area (Å²) >= 11 is 2.66. The second kappa shape index (κ2) is 17.3. The molecule has 9 saturated carbocycles. The minimum absolute atomic E-state index is 0.520. The normalized spacial score (nSPS) is 52.6. The SMILES string of the molecule is C1CCC(C2CCC(N(C3CCC(C4CCCC5C6CCC7OC8CCCCC8C7C6OC45)CC3)C3CCCC4C5CCCC(C6CCCCC6)C5SC43)CC2)CC1. The summed E-state index contributed by atoms with van der Waals surface area (Å²) < 4.78 is 14.4. The Morgan fingerprint density at radius 3 is 1.60 bits per heavy atom. The largest absolute Gasteiger partial charge is 0.374 e. The molecule has 9 aliphatic carbocycles. The molecule has 15 unspecified atom stereocenters. The van der Waals surface area contributed by atoms with Crippen LogP contribution in [0.4, 0.5) is 0 Å². The van der Waals surface area contributed by atoms with Gasteiger partial charge in [0.1, 0.15) is 0 Å². The van der Waals surface area contributed by atoms with Gasteiger partial charge in [-0.05, 0) is 181 Å². The lowest BCUT2D eigenvalue weighted by Crippen LogP contribution is -2.57. The monoisotopic (exact) mass is 814 g/mol. The predicted octanol–water partition coefficient (Wildman–Crippen LogP) is 13.8. The van der Waals surface area contributed by atoms with Gasteiger partial charge in [0.25, 0.3) is 0 Å². The highest BCUT2D eigenvalue weighted by Gasteiger charge is 2.61. The van der Waals surface area contributed by atoms with Crippen LogP contribution in [0.2, 0.25) is 0 Å². The van der Waals surface area contributed by atoms with Crippen LogP contribution in [0.15, 0.2) is 0 Å². The maximum atomic E-state index is 7.58. The Kier molecular flexibility index (Phi) is 11.9. The highest BCUT2D eigenvalue weighted by molar-refractivity contribution is 8.00. The first-order valence-electron chi connectivity index (χ1n) is 27.5. The van der Waals surface area contributed by atoms with Crippen LogP contribution in [0.3, 0.4) is 0 Å². The molecule has 0 N–H and O–H groups in total. The van der Waals surface area contributed by atoms with E-state index >= 15 is 0 Å². The van der Waals surface area contributed by atoms with Gasteiger partial charge in [-0.1, -0.05) is 96.3 Å². The lowest BCUT2D eigenvalue weighted by molar-refractivity contribution is -0.0879. The van der Waals surface area contributed by atoms with Gasteiger partial charge in [0.2, 0.25) is 0 Å². The molecule has 3 nitrogen and oxygen atoms in total. The first kappa shape index (κ1) is 39.8. The third-order valence-corrected chi connectivity index (χ3v) is 23.9. The molecule has 12 rings (SSSR count). The molecular weight excluding hydrogens is 727 g/mol. The number of rotatable bonds is 6. The average Bonchev–Trinajstić information content (AvgIpc) is 3.99. The van der Waals surface area contributed by atoms with Crippen molar-refractivity contribution in [2.75, 3.05) is 0 Å². The van der Waals surface area contributed by atoms with E-state index in [1.54, 1.807) is 64.2 Å². The van der Waals surface area contributed by atoms with Gasteiger partial charge in [-0.15, -0.1) is 0 Å². The Morgan fingerprint density at radius 1 is 0.310 bits per heavy atom. The summed E-state index contributed by atoms with van der Waals surface area (Å²) in [7, 11) is 0. The van der Waals surface area contributed by atoms with Gasteiger partial charge in [-0.25, -0.2) is 0 Å². The molecule has 4 heteroatoms. The van der Waals surface area contributed by atoms with Crippen molar-refractivity contribution in [3.8, 4) is 0 Å². The van der Waals surface area contributed by atoms with E-state index in [1.807, 2.05) is 0 Å². The summed E-state index contributed by atoms with van der Waals surface area (Å²) in [5, 5.41) is 1.96. The van der Waals surface area contributed by atoms with Gasteiger partial charge in [-0.2, -0.15) is 11.8 Å². The summed E-state index contributed by atoms with van der Waals surface area (Å²) in [6, 6.07) is 2.62. The van der Waals surface area contributed by atoms with Gasteiger partial charge >= 0.3 is 0 Å². The lowest BCUT2D eigenvalue weighted by atomic mass is 9.62. The van der Waals surface area contributed by atoms with Gasteiger partial charge in [0.05, 0.1) is 24.4 Å². The van der Waals surface area contributed by atoms with Crippen molar-refractivity contribution in [1.29, 1.82) is 0 Å². The summed E-state index contributed by atoms with van der Waals surface area (Å²) in [6.45, 7) is 0. The molecule has 3 aliphatic heterocycles. The van der Waals surface area contributed by atoms with Crippen LogP contribution in [-0.4, -0.2) is 57.9 Å². The van der Waals surface area contributed by atoms with E-state index < -0.39 is 0 Å². The number of hydrogen-bond donors (Lipinski definition) is 0. The molecule has 0 radical (unpaired) electrons. The van der Waals surface area contributed by atoms with Crippen molar-refractivity contribution in [3.63, 3.8) is 0 Å². The van der Waals surface area contributed by atoms with E-state index in [4.69, 9.17) is 9.47 Å². The molecule has 0 amide bonds. The van der Waals surface area contributed by atoms with Crippen molar-refractivity contribution in [1.82, 2.24) is 4.90 Å². The molecule has 58 heavy (non-hydrogen) atoms. The standard InChI is InChI=1S/C54H87NO2S/c1-3-12-34(13-4-1)35-24-28-38(29-25-35)55(47-22-11-21-45-44-20-10-18-41(53(44)58-54(45)47)36-14-5-2-6-15-36)39-30-26-37(27-31-39)40-17-9-19-42-43-32-33-49-50(52(43)57-51(40)42)46-16-7-8-23-48(46)56-49/h34-54H,1-33H2. The number of thioether (sulfide) groups is 1. The highest BCUT2D eigenvalue weighted by Crippen LogP contribution is 2.62. The summed E-state index contributed by atoms with van der Waals surface area (Å²) in [5.74, 6) is 11.3. The Bertz CT molecular complexity index is 1360. The molecule has 0 spiro atoms. The third-order valence-electron chi connectivity index (χ3n) is 21.9. The molecule has 3 saturated heterocycles. The van der Waals surface area contributed by atoms with E-state index in [0.717, 1.165) is 99.6 Å². The molecule has 12 fully saturated rings. The Balaban J connectivity index is 0.762. The lowest BCUT2D eigenvalue weighted by Gasteiger charge is -2.53. The molecule has 0 aromatic heterocycles. The molecule has 12 aliphatic rings. The zero-order valence-electron chi connectivity index (χ0n) is 37.1. The van der Waals surface area contributed by atoms with Gasteiger partial charge in [0, 0.05) is 34.5 Å². The second-order valence-electron chi connectivity index (χ2n) is 24.2. The van der Waals surface area contributed by atoms with Crippen molar-refractivity contribution < 1.29 is 9.47 Å². The van der Waals surface area contributed by atoms with Crippen LogP contribution in [0.5, 0.6) is 0 Å². The summed E-state index contributed by atoms with van der Waals surface area (Å²) in [5.41, 5.74) is 0. The first-order valence-corrected chi connectivity index (χ1v) is 28.4. The van der Waals surface area contributed by atoms with Crippen LogP contribution < -0.4 is 0 Å². The molecule has 0 aromatic rings. The zero-order valence-corrected chi connectivity index (χ0v) is 37.9. The number of nitrogens with zero attached hydrogens (tertiary/aromatic N) is 1. The van der Waals surface area contributed by atoms with Crippen LogP contribution >= 0.6 is 11.8 Å². The van der Waals surface area contributed by atoms with E-state index in [-0.39, 0.29) is 0 Å². The minimum Gasteiger partial charge on any atom is -0.374 e. The molecule has 0 bridgehead atoms. The number of hydrogen-bond acceptors (Lipinski definition) is 4. The van der Waals surface area contributed by atoms with Crippen molar-refractivity contribution >= 4 is 11.8 Å². The smallest absolute Gasteiger partial charge is 0.0667 e. The third kappa shape index (κ3) is 7.21. The quantitative estimate of drug-likeness (QED) is 0.266. The topological polar surface area (TPSA) is 21.7 Å². The van der Waals surface area contributed by atoms with Crippen LogP contribution in [-0.2, 0) is 9.47 Å². The van der Waals surface area contributed by atoms with Crippen LogP contribution in [0.1, 0.15) is 212 Å². The summed E-state index contributed by atoms with van der Waals surface area (Å²) in [4.78, 5) is 3.44. The van der Waals surface area contributed by atoms with E-state index in [9.17, 15) is 0 Å². The highest BCUT2D eigenvalue weighted by atomic mass is 32.2. The van der Waals surface area contributed by atoms with Gasteiger partial charge in [-0.3, -0.25) is 4.90 Å². The van der Waals surface area contributed by atoms with E-state index in [2.05, 4.69) is 16.7 Å². The summed E-state index contributed by atoms with van der Waals surface area (Å²) in [6.07, 6.45) is 51.9.